The standard InChI is InChI=1S/C19H21ClN2O3/c1-3-15(11-23)22-18(24)14-6-4-5-12(9-14)13-7-8-17(20)16(10-13)19(25)21-2/h4-10,15,23H,3,11H2,1-2H3,(H,21,25)(H,22,24)/t15-/m1/s1. The van der Waals surface area contributed by atoms with Crippen LogP contribution >= 0.6 is 11.6 Å². The molecule has 0 aromatic heterocycles. The Morgan fingerprint density at radius 2 is 1.84 bits per heavy atom. The topological polar surface area (TPSA) is 78.4 Å². The fourth-order valence-corrected chi connectivity index (χ4v) is 2.60. The highest BCUT2D eigenvalue weighted by Crippen LogP contribution is 2.26. The molecule has 2 rings (SSSR count). The van der Waals surface area contributed by atoms with Crippen molar-refractivity contribution < 1.29 is 14.7 Å². The lowest BCUT2D eigenvalue weighted by Crippen LogP contribution is -2.36. The van der Waals surface area contributed by atoms with Gasteiger partial charge >= 0.3 is 0 Å². The molecule has 0 saturated carbocycles. The second-order valence-electron chi connectivity index (χ2n) is 5.62. The van der Waals surface area contributed by atoms with Crippen LogP contribution in [0.4, 0.5) is 0 Å². The quantitative estimate of drug-likeness (QED) is 0.741. The van der Waals surface area contributed by atoms with Crippen LogP contribution in [0.3, 0.4) is 0 Å². The summed E-state index contributed by atoms with van der Waals surface area (Å²) in [6.45, 7) is 1.79. The van der Waals surface area contributed by atoms with Gasteiger partial charge in [-0.3, -0.25) is 9.59 Å². The van der Waals surface area contributed by atoms with E-state index in [9.17, 15) is 14.7 Å². The van der Waals surface area contributed by atoms with E-state index in [-0.39, 0.29) is 24.5 Å². The van der Waals surface area contributed by atoms with Gasteiger partial charge in [-0.25, -0.2) is 0 Å². The van der Waals surface area contributed by atoms with E-state index in [1.54, 1.807) is 43.4 Å². The van der Waals surface area contributed by atoms with Crippen molar-refractivity contribution in [3.8, 4) is 11.1 Å². The summed E-state index contributed by atoms with van der Waals surface area (Å²) >= 11 is 6.08. The molecule has 2 aromatic carbocycles. The van der Waals surface area contributed by atoms with Crippen LogP contribution in [0.25, 0.3) is 11.1 Å². The first-order chi connectivity index (χ1) is 12.0. The number of halogens is 1. The number of carbonyl (C=O) groups excluding carboxylic acids is 2. The second-order valence-corrected chi connectivity index (χ2v) is 6.02. The first kappa shape index (κ1) is 19.0. The molecule has 132 valence electrons. The Morgan fingerprint density at radius 1 is 1.12 bits per heavy atom. The number of amides is 2. The van der Waals surface area contributed by atoms with E-state index < -0.39 is 0 Å². The van der Waals surface area contributed by atoms with Gasteiger partial charge in [0.05, 0.1) is 23.2 Å². The van der Waals surface area contributed by atoms with E-state index in [2.05, 4.69) is 10.6 Å². The third-order valence-corrected chi connectivity index (χ3v) is 4.27. The maximum absolute atomic E-state index is 12.3. The number of rotatable bonds is 6. The summed E-state index contributed by atoms with van der Waals surface area (Å²) in [7, 11) is 1.54. The summed E-state index contributed by atoms with van der Waals surface area (Å²) in [5.41, 5.74) is 2.45. The van der Waals surface area contributed by atoms with Crippen molar-refractivity contribution in [1.82, 2.24) is 10.6 Å². The van der Waals surface area contributed by atoms with Crippen molar-refractivity contribution in [3.05, 3.63) is 58.6 Å². The van der Waals surface area contributed by atoms with Crippen molar-refractivity contribution in [3.63, 3.8) is 0 Å². The number of aliphatic hydroxyl groups is 1. The van der Waals surface area contributed by atoms with E-state index in [1.165, 1.54) is 0 Å². The Bertz CT molecular complexity index is 773. The third-order valence-electron chi connectivity index (χ3n) is 3.94. The predicted molar refractivity (Wildman–Crippen MR) is 98.9 cm³/mol. The number of hydrogen-bond donors (Lipinski definition) is 3. The van der Waals surface area contributed by atoms with Crippen molar-refractivity contribution in [2.75, 3.05) is 13.7 Å². The van der Waals surface area contributed by atoms with Crippen LogP contribution in [0, 0.1) is 0 Å². The van der Waals surface area contributed by atoms with E-state index in [4.69, 9.17) is 11.6 Å². The minimum atomic E-state index is -0.272. The maximum Gasteiger partial charge on any atom is 0.252 e. The molecule has 1 atom stereocenters. The molecule has 5 nitrogen and oxygen atoms in total. The van der Waals surface area contributed by atoms with Crippen LogP contribution in [0.15, 0.2) is 42.5 Å². The van der Waals surface area contributed by atoms with E-state index >= 15 is 0 Å². The largest absolute Gasteiger partial charge is 0.394 e. The monoisotopic (exact) mass is 360 g/mol. The van der Waals surface area contributed by atoms with Crippen LogP contribution in [-0.2, 0) is 0 Å². The van der Waals surface area contributed by atoms with Crippen LogP contribution in [0.1, 0.15) is 34.1 Å². The molecule has 3 N–H and O–H groups in total. The summed E-state index contributed by atoms with van der Waals surface area (Å²) in [6.07, 6.45) is 0.647. The highest BCUT2D eigenvalue weighted by atomic mass is 35.5. The van der Waals surface area contributed by atoms with E-state index in [0.717, 1.165) is 11.1 Å². The van der Waals surface area contributed by atoms with Gasteiger partial charge in [0.1, 0.15) is 0 Å². The molecule has 0 aliphatic heterocycles. The molecular weight excluding hydrogens is 340 g/mol. The summed E-state index contributed by atoms with van der Waals surface area (Å²) in [4.78, 5) is 24.2. The van der Waals surface area contributed by atoms with Gasteiger partial charge in [0, 0.05) is 12.6 Å². The van der Waals surface area contributed by atoms with Gasteiger partial charge in [0.2, 0.25) is 0 Å². The normalized spacial score (nSPS) is 11.7. The zero-order chi connectivity index (χ0) is 18.4. The van der Waals surface area contributed by atoms with Gasteiger partial charge < -0.3 is 15.7 Å². The summed E-state index contributed by atoms with van der Waals surface area (Å²) in [5, 5.41) is 14.9. The Balaban J connectivity index is 2.33. The molecular formula is C19H21ClN2O3. The molecule has 0 saturated heterocycles. The molecule has 0 spiro atoms. The molecule has 2 amide bonds. The molecule has 0 unspecified atom stereocenters. The van der Waals surface area contributed by atoms with Crippen LogP contribution < -0.4 is 10.6 Å². The number of nitrogens with one attached hydrogen (secondary N) is 2. The fourth-order valence-electron chi connectivity index (χ4n) is 2.40. The van der Waals surface area contributed by atoms with Crippen molar-refractivity contribution in [2.45, 2.75) is 19.4 Å². The number of hydrogen-bond acceptors (Lipinski definition) is 3. The lowest BCUT2D eigenvalue weighted by molar-refractivity contribution is 0.0914. The Kier molecular flexibility index (Phi) is 6.56. The molecule has 0 aliphatic rings. The fraction of sp³-hybridized carbons (Fsp3) is 0.263. The summed E-state index contributed by atoms with van der Waals surface area (Å²) in [6, 6.07) is 12.0. The lowest BCUT2D eigenvalue weighted by Gasteiger charge is -2.14. The van der Waals surface area contributed by atoms with Crippen molar-refractivity contribution in [2.24, 2.45) is 0 Å². The molecule has 0 heterocycles. The molecule has 2 aromatic rings. The van der Waals surface area contributed by atoms with Gasteiger partial charge in [0.25, 0.3) is 11.8 Å². The minimum absolute atomic E-state index is 0.103. The minimum Gasteiger partial charge on any atom is -0.394 e. The van der Waals surface area contributed by atoms with Crippen LogP contribution in [0.5, 0.6) is 0 Å². The zero-order valence-corrected chi connectivity index (χ0v) is 14.9. The third kappa shape index (κ3) is 4.59. The molecule has 0 bridgehead atoms. The number of benzene rings is 2. The van der Waals surface area contributed by atoms with Gasteiger partial charge in [-0.15, -0.1) is 0 Å². The van der Waals surface area contributed by atoms with Gasteiger partial charge in [0.15, 0.2) is 0 Å². The zero-order valence-electron chi connectivity index (χ0n) is 14.2. The maximum atomic E-state index is 12.3. The SMILES string of the molecule is CC[C@H](CO)NC(=O)c1cccc(-c2ccc(Cl)c(C(=O)NC)c2)c1. The summed E-state index contributed by atoms with van der Waals surface area (Å²) in [5.74, 6) is -0.516. The lowest BCUT2D eigenvalue weighted by atomic mass is 10.0. The van der Waals surface area contributed by atoms with Crippen LogP contribution in [0.2, 0.25) is 5.02 Å². The number of carbonyl (C=O) groups is 2. The smallest absolute Gasteiger partial charge is 0.252 e. The highest BCUT2D eigenvalue weighted by Gasteiger charge is 2.14. The highest BCUT2D eigenvalue weighted by molar-refractivity contribution is 6.34. The average Bonchev–Trinajstić information content (AvgIpc) is 2.65. The molecule has 0 radical (unpaired) electrons. The molecule has 0 aliphatic carbocycles. The first-order valence-electron chi connectivity index (χ1n) is 8.04. The second kappa shape index (κ2) is 8.65. The Hall–Kier alpha value is -2.37. The predicted octanol–water partition coefficient (Wildman–Crippen LogP) is 2.87. The first-order valence-corrected chi connectivity index (χ1v) is 8.41. The van der Waals surface area contributed by atoms with Crippen molar-refractivity contribution in [1.29, 1.82) is 0 Å². The molecule has 6 heteroatoms. The van der Waals surface area contributed by atoms with E-state index in [0.29, 0.717) is 22.6 Å². The Labute approximate surface area is 152 Å². The average molecular weight is 361 g/mol. The van der Waals surface area contributed by atoms with Gasteiger partial charge in [-0.1, -0.05) is 36.7 Å². The van der Waals surface area contributed by atoms with Crippen LogP contribution in [-0.4, -0.2) is 36.6 Å². The Morgan fingerprint density at radius 3 is 2.48 bits per heavy atom. The molecule has 0 fully saturated rings. The van der Waals surface area contributed by atoms with Gasteiger partial charge in [-0.05, 0) is 41.8 Å². The number of aliphatic hydroxyl groups excluding tert-OH is 1. The van der Waals surface area contributed by atoms with Gasteiger partial charge in [-0.2, -0.15) is 0 Å². The van der Waals surface area contributed by atoms with E-state index in [1.807, 2.05) is 13.0 Å². The molecule has 25 heavy (non-hydrogen) atoms. The van der Waals surface area contributed by atoms with Crippen molar-refractivity contribution >= 4 is 23.4 Å². The summed E-state index contributed by atoms with van der Waals surface area (Å²) < 4.78 is 0.